The van der Waals surface area contributed by atoms with Gasteiger partial charge in [-0.1, -0.05) is 26.7 Å². The van der Waals surface area contributed by atoms with Crippen molar-refractivity contribution in [1.82, 2.24) is 0 Å². The molecule has 7 atom stereocenters. The van der Waals surface area contributed by atoms with Crippen LogP contribution >= 0.6 is 11.9 Å². The lowest BCUT2D eigenvalue weighted by atomic mass is 9.42. The van der Waals surface area contributed by atoms with Crippen LogP contribution in [0.25, 0.3) is 0 Å². The van der Waals surface area contributed by atoms with Gasteiger partial charge >= 0.3 is 5.30 Å². The number of rotatable bonds is 3. The molecule has 0 amide bonds. The van der Waals surface area contributed by atoms with Crippen LogP contribution in [0.3, 0.4) is 0 Å². The molecule has 4 saturated carbocycles. The molecule has 4 rings (SSSR count). The summed E-state index contributed by atoms with van der Waals surface area (Å²) in [5.74, 6) is 2.86. The molecule has 0 aromatic carbocycles. The Kier molecular flexibility index (Phi) is 5.35. The van der Waals surface area contributed by atoms with Crippen LogP contribution in [0, 0.1) is 34.5 Å². The third-order valence-electron chi connectivity index (χ3n) is 9.76. The lowest BCUT2D eigenvalue weighted by Gasteiger charge is -2.65. The fourth-order valence-electron chi connectivity index (χ4n) is 8.41. The van der Waals surface area contributed by atoms with Crippen LogP contribution < -0.4 is 10.9 Å². The minimum absolute atomic E-state index is 0.0220. The highest BCUT2D eigenvalue weighted by atomic mass is 32.2. The van der Waals surface area contributed by atoms with Crippen molar-refractivity contribution in [2.24, 2.45) is 45.4 Å². The second-order valence-corrected chi connectivity index (χ2v) is 11.1. The van der Waals surface area contributed by atoms with E-state index in [-0.39, 0.29) is 10.8 Å². The van der Waals surface area contributed by atoms with E-state index in [1.807, 2.05) is 0 Å². The van der Waals surface area contributed by atoms with Crippen molar-refractivity contribution < 1.29 is 9.53 Å². The van der Waals surface area contributed by atoms with Gasteiger partial charge in [0.2, 0.25) is 0 Å². The summed E-state index contributed by atoms with van der Waals surface area (Å²) in [5, 5.41) is 4.92. The molecule has 0 radical (unpaired) electrons. The third kappa shape index (κ3) is 3.07. The molecule has 0 aromatic rings. The molecular formula is C22H38N2O2S. The van der Waals surface area contributed by atoms with Crippen molar-refractivity contribution in [2.75, 3.05) is 6.61 Å². The number of hydrogen-bond acceptors (Lipinski definition) is 5. The Labute approximate surface area is 169 Å². The van der Waals surface area contributed by atoms with Gasteiger partial charge in [0, 0.05) is 17.5 Å². The number of carbonyl (C=O) groups is 1. The predicted octanol–water partition coefficient (Wildman–Crippen LogP) is 5.25. The van der Waals surface area contributed by atoms with Crippen LogP contribution in [0.1, 0.15) is 84.5 Å². The first kappa shape index (κ1) is 20.0. The van der Waals surface area contributed by atoms with Gasteiger partial charge in [0.15, 0.2) is 0 Å². The standard InChI is InChI=1S/C22H38N2O2S/c1-20-11-4-3-5-15(20)8-13-22(23)17-7-6-16(10-14-26-19(25)27-24)21(17,2)12-9-18(20)22/h15-18H,3-14,23-24H2,1-2H3. The average molecular weight is 395 g/mol. The number of ether oxygens (including phenoxy) is 1. The van der Waals surface area contributed by atoms with Gasteiger partial charge in [-0.2, -0.15) is 0 Å². The van der Waals surface area contributed by atoms with E-state index in [0.717, 1.165) is 12.3 Å². The van der Waals surface area contributed by atoms with E-state index < -0.39 is 0 Å². The van der Waals surface area contributed by atoms with E-state index in [2.05, 4.69) is 13.8 Å². The number of carbonyl (C=O) groups excluding carboxylic acids is 1. The summed E-state index contributed by atoms with van der Waals surface area (Å²) < 4.78 is 5.26. The van der Waals surface area contributed by atoms with Gasteiger partial charge in [-0.15, -0.1) is 0 Å². The second-order valence-electron chi connectivity index (χ2n) is 10.5. The molecule has 5 heteroatoms. The Bertz CT molecular complexity index is 587. The van der Waals surface area contributed by atoms with Crippen molar-refractivity contribution >= 4 is 17.2 Å². The fourth-order valence-corrected chi connectivity index (χ4v) is 8.56. The first-order chi connectivity index (χ1) is 12.8. The van der Waals surface area contributed by atoms with Gasteiger partial charge < -0.3 is 10.5 Å². The molecule has 4 aliphatic carbocycles. The third-order valence-corrected chi connectivity index (χ3v) is 10.1. The van der Waals surface area contributed by atoms with Gasteiger partial charge in [-0.25, -0.2) is 4.79 Å². The molecule has 4 fully saturated rings. The molecule has 154 valence electrons. The molecule has 4 N–H and O–H groups in total. The fraction of sp³-hybridized carbons (Fsp3) is 0.955. The maximum Gasteiger partial charge on any atom is 0.382 e. The quantitative estimate of drug-likeness (QED) is 0.505. The summed E-state index contributed by atoms with van der Waals surface area (Å²) in [4.78, 5) is 11.4. The van der Waals surface area contributed by atoms with Gasteiger partial charge in [-0.3, -0.25) is 5.14 Å². The maximum atomic E-state index is 11.4. The highest BCUT2D eigenvalue weighted by molar-refractivity contribution is 8.11. The topological polar surface area (TPSA) is 78.3 Å². The number of nitrogens with two attached hydrogens (primary N) is 2. The SMILES string of the molecule is CC12CCCCC1CCC1(N)C2CCC2(C)C(CCOC(=O)SN)CCC21. The van der Waals surface area contributed by atoms with E-state index in [1.165, 1.54) is 64.2 Å². The minimum atomic E-state index is -0.364. The monoisotopic (exact) mass is 394 g/mol. The van der Waals surface area contributed by atoms with Gasteiger partial charge in [0.25, 0.3) is 0 Å². The van der Waals surface area contributed by atoms with Gasteiger partial charge in [0.1, 0.15) is 0 Å². The highest BCUT2D eigenvalue weighted by Crippen LogP contribution is 2.68. The van der Waals surface area contributed by atoms with E-state index in [1.54, 1.807) is 0 Å². The number of fused-ring (bicyclic) bond motifs is 5. The zero-order valence-electron chi connectivity index (χ0n) is 17.2. The van der Waals surface area contributed by atoms with Crippen molar-refractivity contribution in [3.63, 3.8) is 0 Å². The second kappa shape index (κ2) is 7.21. The van der Waals surface area contributed by atoms with Crippen LogP contribution in [0.2, 0.25) is 0 Å². The minimum Gasteiger partial charge on any atom is -0.457 e. The Hall–Kier alpha value is -0.260. The van der Waals surface area contributed by atoms with E-state index in [4.69, 9.17) is 15.6 Å². The van der Waals surface area contributed by atoms with Crippen molar-refractivity contribution in [3.05, 3.63) is 0 Å². The van der Waals surface area contributed by atoms with Gasteiger partial charge in [-0.05, 0) is 92.3 Å². The maximum absolute atomic E-state index is 11.4. The first-order valence-corrected chi connectivity index (χ1v) is 12.0. The summed E-state index contributed by atoms with van der Waals surface area (Å²) >= 11 is 0.672. The lowest BCUT2D eigenvalue weighted by molar-refractivity contribution is -0.126. The van der Waals surface area contributed by atoms with Crippen LogP contribution in [0.15, 0.2) is 0 Å². The largest absolute Gasteiger partial charge is 0.457 e. The molecule has 0 aromatic heterocycles. The van der Waals surface area contributed by atoms with E-state index >= 15 is 0 Å². The predicted molar refractivity (Wildman–Crippen MR) is 111 cm³/mol. The molecular weight excluding hydrogens is 356 g/mol. The molecule has 0 saturated heterocycles. The van der Waals surface area contributed by atoms with Crippen LogP contribution in [-0.4, -0.2) is 17.4 Å². The van der Waals surface area contributed by atoms with E-state index in [9.17, 15) is 4.79 Å². The van der Waals surface area contributed by atoms with E-state index in [0.29, 0.717) is 47.1 Å². The molecule has 0 aliphatic heterocycles. The molecule has 4 aliphatic rings. The summed E-state index contributed by atoms with van der Waals surface area (Å²) in [5.41, 5.74) is 8.19. The molecule has 0 spiro atoms. The zero-order valence-corrected chi connectivity index (χ0v) is 18.0. The van der Waals surface area contributed by atoms with Crippen LogP contribution in [0.4, 0.5) is 4.79 Å². The molecule has 0 bridgehead atoms. The molecule has 4 nitrogen and oxygen atoms in total. The van der Waals surface area contributed by atoms with Crippen LogP contribution in [0.5, 0.6) is 0 Å². The highest BCUT2D eigenvalue weighted by Gasteiger charge is 2.64. The van der Waals surface area contributed by atoms with Crippen LogP contribution in [-0.2, 0) is 4.74 Å². The smallest absolute Gasteiger partial charge is 0.382 e. The first-order valence-electron chi connectivity index (χ1n) is 11.2. The summed E-state index contributed by atoms with van der Waals surface area (Å²) in [6.45, 7) is 5.58. The summed E-state index contributed by atoms with van der Waals surface area (Å²) in [7, 11) is 0. The lowest BCUT2D eigenvalue weighted by Crippen LogP contribution is -2.67. The number of hydrogen-bond donors (Lipinski definition) is 2. The van der Waals surface area contributed by atoms with Crippen molar-refractivity contribution in [3.8, 4) is 0 Å². The normalized spacial score (nSPS) is 49.0. The van der Waals surface area contributed by atoms with Crippen molar-refractivity contribution in [1.29, 1.82) is 0 Å². The molecule has 7 unspecified atom stereocenters. The Morgan fingerprint density at radius 1 is 1.00 bits per heavy atom. The summed E-state index contributed by atoms with van der Waals surface area (Å²) in [6.07, 6.45) is 14.3. The zero-order chi connectivity index (χ0) is 19.3. The Morgan fingerprint density at radius 2 is 1.78 bits per heavy atom. The molecule has 0 heterocycles. The average Bonchev–Trinajstić information content (AvgIpc) is 2.98. The Balaban J connectivity index is 1.51. The summed E-state index contributed by atoms with van der Waals surface area (Å²) in [6, 6.07) is 0. The molecule has 27 heavy (non-hydrogen) atoms. The van der Waals surface area contributed by atoms with Crippen molar-refractivity contribution in [2.45, 2.75) is 90.0 Å². The Morgan fingerprint density at radius 3 is 2.56 bits per heavy atom. The van der Waals surface area contributed by atoms with Gasteiger partial charge in [0.05, 0.1) is 6.61 Å².